The summed E-state index contributed by atoms with van der Waals surface area (Å²) in [6, 6.07) is 0.368. The fourth-order valence-electron chi connectivity index (χ4n) is 4.08. The molecule has 4 rings (SSSR count). The van der Waals surface area contributed by atoms with Gasteiger partial charge >= 0.3 is 0 Å². The highest BCUT2D eigenvalue weighted by molar-refractivity contribution is 5.92. The molecular weight excluding hydrogens is 306 g/mol. The van der Waals surface area contributed by atoms with Crippen molar-refractivity contribution in [3.05, 3.63) is 11.9 Å². The van der Waals surface area contributed by atoms with E-state index in [0.29, 0.717) is 38.0 Å². The average Bonchev–Trinajstić information content (AvgIpc) is 3.08. The maximum atomic E-state index is 12.4. The van der Waals surface area contributed by atoms with Crippen LogP contribution >= 0.6 is 0 Å². The second-order valence-corrected chi connectivity index (χ2v) is 7.36. The predicted molar refractivity (Wildman–Crippen MR) is 88.8 cm³/mol. The molecule has 7 heteroatoms. The van der Waals surface area contributed by atoms with Crippen LogP contribution in [-0.2, 0) is 4.74 Å². The Morgan fingerprint density at radius 1 is 1.17 bits per heavy atom. The van der Waals surface area contributed by atoms with Crippen molar-refractivity contribution in [1.82, 2.24) is 24.8 Å². The molecule has 3 heterocycles. The number of carbonyl (C=O) groups excluding carboxylic acids is 1. The third kappa shape index (κ3) is 3.47. The predicted octanol–water partition coefficient (Wildman–Crippen LogP) is 1.19. The van der Waals surface area contributed by atoms with Crippen LogP contribution in [0.3, 0.4) is 0 Å². The zero-order valence-corrected chi connectivity index (χ0v) is 14.3. The monoisotopic (exact) mass is 333 g/mol. The Kier molecular flexibility index (Phi) is 4.80. The molecule has 0 bridgehead atoms. The van der Waals surface area contributed by atoms with E-state index in [1.165, 1.54) is 38.6 Å². The summed E-state index contributed by atoms with van der Waals surface area (Å²) in [4.78, 5) is 16.7. The molecule has 1 amide bonds. The zero-order valence-electron chi connectivity index (χ0n) is 14.3. The molecule has 1 aromatic heterocycles. The van der Waals surface area contributed by atoms with E-state index in [9.17, 15) is 4.79 Å². The van der Waals surface area contributed by atoms with Gasteiger partial charge in [0.15, 0.2) is 5.69 Å². The number of morpholine rings is 1. The van der Waals surface area contributed by atoms with Crippen molar-refractivity contribution in [2.24, 2.45) is 5.92 Å². The highest BCUT2D eigenvalue weighted by Crippen LogP contribution is 2.28. The fraction of sp³-hybridized carbons (Fsp3) is 0.824. The van der Waals surface area contributed by atoms with Gasteiger partial charge in [-0.25, -0.2) is 4.68 Å². The first-order valence-corrected chi connectivity index (χ1v) is 9.31. The van der Waals surface area contributed by atoms with Gasteiger partial charge in [-0.3, -0.25) is 9.69 Å². The lowest BCUT2D eigenvalue weighted by molar-refractivity contribution is 0.0299. The topological polar surface area (TPSA) is 63.5 Å². The summed E-state index contributed by atoms with van der Waals surface area (Å²) >= 11 is 0. The number of hydrogen-bond donors (Lipinski definition) is 0. The van der Waals surface area contributed by atoms with E-state index in [1.54, 1.807) is 4.90 Å². The highest BCUT2D eigenvalue weighted by Gasteiger charge is 2.32. The number of rotatable bonds is 4. The molecule has 1 aromatic rings. The maximum Gasteiger partial charge on any atom is 0.276 e. The quantitative estimate of drug-likeness (QED) is 0.828. The first-order chi connectivity index (χ1) is 11.8. The van der Waals surface area contributed by atoms with Gasteiger partial charge < -0.3 is 9.64 Å². The number of hydrogen-bond acceptors (Lipinski definition) is 5. The third-order valence-electron chi connectivity index (χ3n) is 5.58. The van der Waals surface area contributed by atoms with Gasteiger partial charge in [0.2, 0.25) is 0 Å². The third-order valence-corrected chi connectivity index (χ3v) is 5.58. The van der Waals surface area contributed by atoms with Crippen molar-refractivity contribution in [2.75, 3.05) is 45.9 Å². The molecule has 2 saturated heterocycles. The summed E-state index contributed by atoms with van der Waals surface area (Å²) in [5, 5.41) is 8.29. The SMILES string of the molecule is O=C(c1cn(C2CN(CC3CCCCC3)C2)nn1)N1CCOCC1. The van der Waals surface area contributed by atoms with Crippen LogP contribution in [0.2, 0.25) is 0 Å². The molecule has 0 atom stereocenters. The summed E-state index contributed by atoms with van der Waals surface area (Å²) in [5.74, 6) is 0.858. The van der Waals surface area contributed by atoms with E-state index >= 15 is 0 Å². The fourth-order valence-corrected chi connectivity index (χ4v) is 4.08. The molecule has 0 N–H and O–H groups in total. The van der Waals surface area contributed by atoms with Gasteiger partial charge in [-0.2, -0.15) is 0 Å². The number of carbonyl (C=O) groups is 1. The van der Waals surface area contributed by atoms with Crippen LogP contribution in [0.5, 0.6) is 0 Å². The summed E-state index contributed by atoms with van der Waals surface area (Å²) in [5.41, 5.74) is 0.461. The van der Waals surface area contributed by atoms with Crippen LogP contribution in [0, 0.1) is 5.92 Å². The number of nitrogens with zero attached hydrogens (tertiary/aromatic N) is 5. The summed E-state index contributed by atoms with van der Waals surface area (Å²) in [7, 11) is 0. The van der Waals surface area contributed by atoms with Crippen LogP contribution in [0.4, 0.5) is 0 Å². The lowest BCUT2D eigenvalue weighted by Gasteiger charge is -2.41. The summed E-state index contributed by atoms with van der Waals surface area (Å²) < 4.78 is 7.17. The Morgan fingerprint density at radius 3 is 2.67 bits per heavy atom. The summed E-state index contributed by atoms with van der Waals surface area (Å²) in [6.07, 6.45) is 8.82. The van der Waals surface area contributed by atoms with E-state index in [0.717, 1.165) is 19.0 Å². The molecule has 1 saturated carbocycles. The maximum absolute atomic E-state index is 12.4. The normalized spacial score (nSPS) is 24.1. The molecule has 0 spiro atoms. The van der Waals surface area contributed by atoms with E-state index in [1.807, 2.05) is 10.9 Å². The molecule has 0 unspecified atom stereocenters. The van der Waals surface area contributed by atoms with E-state index in [-0.39, 0.29) is 5.91 Å². The second kappa shape index (κ2) is 7.19. The van der Waals surface area contributed by atoms with Gasteiger partial charge in [0.1, 0.15) is 0 Å². The van der Waals surface area contributed by atoms with Crippen molar-refractivity contribution < 1.29 is 9.53 Å². The minimum absolute atomic E-state index is 0.0251. The number of ether oxygens (including phenoxy) is 1. The van der Waals surface area contributed by atoms with Crippen molar-refractivity contribution in [3.8, 4) is 0 Å². The van der Waals surface area contributed by atoms with Crippen LogP contribution < -0.4 is 0 Å². The first-order valence-electron chi connectivity index (χ1n) is 9.31. The molecule has 7 nitrogen and oxygen atoms in total. The van der Waals surface area contributed by atoms with Gasteiger partial charge in [-0.1, -0.05) is 24.5 Å². The molecule has 24 heavy (non-hydrogen) atoms. The number of aromatic nitrogens is 3. The molecule has 2 aliphatic heterocycles. The molecule has 3 aliphatic rings. The lowest BCUT2D eigenvalue weighted by atomic mass is 9.88. The Hall–Kier alpha value is -1.47. The van der Waals surface area contributed by atoms with Crippen molar-refractivity contribution in [1.29, 1.82) is 0 Å². The highest BCUT2D eigenvalue weighted by atomic mass is 16.5. The molecule has 132 valence electrons. The smallest absolute Gasteiger partial charge is 0.276 e. The van der Waals surface area contributed by atoms with Gasteiger partial charge in [-0.05, 0) is 18.8 Å². The first kappa shape index (κ1) is 16.0. The van der Waals surface area contributed by atoms with Crippen LogP contribution in [0.15, 0.2) is 6.20 Å². The molecule has 3 fully saturated rings. The van der Waals surface area contributed by atoms with E-state index < -0.39 is 0 Å². The Morgan fingerprint density at radius 2 is 1.92 bits per heavy atom. The Balaban J connectivity index is 1.27. The van der Waals surface area contributed by atoms with Gasteiger partial charge in [0.25, 0.3) is 5.91 Å². The van der Waals surface area contributed by atoms with Crippen LogP contribution in [-0.4, -0.2) is 76.6 Å². The Bertz CT molecular complexity index is 557. The van der Waals surface area contributed by atoms with Crippen molar-refractivity contribution in [2.45, 2.75) is 38.1 Å². The van der Waals surface area contributed by atoms with Crippen molar-refractivity contribution >= 4 is 5.91 Å². The average molecular weight is 333 g/mol. The molecule has 0 aromatic carbocycles. The molecule has 1 aliphatic carbocycles. The van der Waals surface area contributed by atoms with Crippen LogP contribution in [0.1, 0.15) is 48.6 Å². The van der Waals surface area contributed by atoms with Crippen molar-refractivity contribution in [3.63, 3.8) is 0 Å². The Labute approximate surface area is 142 Å². The number of amides is 1. The van der Waals surface area contributed by atoms with Gasteiger partial charge in [0, 0.05) is 32.7 Å². The largest absolute Gasteiger partial charge is 0.378 e. The van der Waals surface area contributed by atoms with Gasteiger partial charge in [0.05, 0.1) is 25.5 Å². The summed E-state index contributed by atoms with van der Waals surface area (Å²) in [6.45, 7) is 5.80. The second-order valence-electron chi connectivity index (χ2n) is 7.36. The number of likely N-dealkylation sites (tertiary alicyclic amines) is 1. The van der Waals surface area contributed by atoms with Gasteiger partial charge in [-0.15, -0.1) is 5.10 Å². The van der Waals surface area contributed by atoms with E-state index in [2.05, 4.69) is 15.2 Å². The van der Waals surface area contributed by atoms with E-state index in [4.69, 9.17) is 4.74 Å². The molecular formula is C17H27N5O2. The minimum atomic E-state index is -0.0251. The van der Waals surface area contributed by atoms with Crippen LogP contribution in [0.25, 0.3) is 0 Å². The lowest BCUT2D eigenvalue weighted by Crippen LogP contribution is -2.49. The zero-order chi connectivity index (χ0) is 16.4. The minimum Gasteiger partial charge on any atom is -0.378 e. The standard InChI is InChI=1S/C17H27N5O2/c23-17(21-6-8-24-9-7-21)16-13-22(19-18-16)15-11-20(12-15)10-14-4-2-1-3-5-14/h13-15H,1-12H2. The molecule has 0 radical (unpaired) electrons.